The van der Waals surface area contributed by atoms with Crippen molar-refractivity contribution in [3.8, 4) is 0 Å². The first-order valence-electron chi connectivity index (χ1n) is 9.54. The van der Waals surface area contributed by atoms with Crippen molar-refractivity contribution < 1.29 is 19.2 Å². The third-order valence-electron chi connectivity index (χ3n) is 4.85. The number of benzene rings is 1. The molecule has 5 amide bonds. The zero-order valence-corrected chi connectivity index (χ0v) is 17.7. The van der Waals surface area contributed by atoms with E-state index in [-0.39, 0.29) is 37.2 Å². The minimum Gasteiger partial charge on any atom is -0.329 e. The molecule has 1 saturated heterocycles. The van der Waals surface area contributed by atoms with Crippen LogP contribution in [0.2, 0.25) is 0 Å². The summed E-state index contributed by atoms with van der Waals surface area (Å²) in [6.07, 6.45) is -0.00212. The molecule has 3 heterocycles. The number of nitrogens with zero attached hydrogens (tertiary/aromatic N) is 3. The molecule has 160 valence electrons. The molecule has 3 aromatic rings. The summed E-state index contributed by atoms with van der Waals surface area (Å²) >= 11 is 1.37. The molecule has 0 spiro atoms. The van der Waals surface area contributed by atoms with Crippen LogP contribution in [0.25, 0.3) is 10.2 Å². The summed E-state index contributed by atoms with van der Waals surface area (Å²) in [6, 6.07) is 8.05. The Kier molecular flexibility index (Phi) is 5.42. The van der Waals surface area contributed by atoms with Gasteiger partial charge in [0, 0.05) is 36.8 Å². The molecular formula is C20H20N6O4S. The fraction of sp³-hybridized carbons (Fsp3) is 0.250. The summed E-state index contributed by atoms with van der Waals surface area (Å²) in [5.74, 6) is -0.882. The normalized spacial score (nSPS) is 13.5. The molecular weight excluding hydrogens is 420 g/mol. The van der Waals surface area contributed by atoms with Gasteiger partial charge < -0.3 is 16.0 Å². The van der Waals surface area contributed by atoms with Crippen LogP contribution in [0, 0.1) is 6.92 Å². The Balaban J connectivity index is 1.32. The number of urea groups is 1. The molecule has 0 unspecified atom stereocenters. The summed E-state index contributed by atoms with van der Waals surface area (Å²) in [4.78, 5) is 50.2. The fourth-order valence-electron chi connectivity index (χ4n) is 3.27. The highest BCUT2D eigenvalue weighted by molar-refractivity contribution is 7.20. The van der Waals surface area contributed by atoms with E-state index < -0.39 is 6.03 Å². The van der Waals surface area contributed by atoms with Crippen LogP contribution in [-0.4, -0.2) is 51.5 Å². The summed E-state index contributed by atoms with van der Waals surface area (Å²) in [5.41, 5.74) is 2.01. The number of hydrogen-bond donors (Lipinski definition) is 3. The predicted octanol–water partition coefficient (Wildman–Crippen LogP) is 2.08. The molecule has 4 rings (SSSR count). The Morgan fingerprint density at radius 2 is 1.84 bits per heavy atom. The van der Waals surface area contributed by atoms with Gasteiger partial charge in [-0.1, -0.05) is 0 Å². The van der Waals surface area contributed by atoms with Crippen molar-refractivity contribution in [2.45, 2.75) is 13.3 Å². The molecule has 31 heavy (non-hydrogen) atoms. The number of aryl methyl sites for hydroxylation is 2. The van der Waals surface area contributed by atoms with Crippen molar-refractivity contribution in [3.63, 3.8) is 0 Å². The Morgan fingerprint density at radius 3 is 2.45 bits per heavy atom. The average Bonchev–Trinajstić information content (AvgIpc) is 3.39. The molecule has 0 bridgehead atoms. The van der Waals surface area contributed by atoms with Crippen molar-refractivity contribution in [1.82, 2.24) is 20.0 Å². The van der Waals surface area contributed by atoms with Gasteiger partial charge in [0.2, 0.25) is 11.8 Å². The van der Waals surface area contributed by atoms with E-state index in [4.69, 9.17) is 0 Å². The van der Waals surface area contributed by atoms with Crippen molar-refractivity contribution in [2.75, 3.05) is 23.7 Å². The number of imide groups is 1. The van der Waals surface area contributed by atoms with Crippen LogP contribution < -0.4 is 16.0 Å². The molecule has 1 aliphatic rings. The van der Waals surface area contributed by atoms with Gasteiger partial charge in [0.05, 0.1) is 17.1 Å². The minimum atomic E-state index is -0.483. The van der Waals surface area contributed by atoms with Crippen molar-refractivity contribution in [3.05, 3.63) is 40.9 Å². The van der Waals surface area contributed by atoms with E-state index in [0.29, 0.717) is 16.3 Å². The number of amides is 5. The Bertz CT molecular complexity index is 1150. The largest absolute Gasteiger partial charge is 0.329 e. The van der Waals surface area contributed by atoms with Gasteiger partial charge in [0.1, 0.15) is 4.83 Å². The van der Waals surface area contributed by atoms with Gasteiger partial charge in [-0.15, -0.1) is 11.3 Å². The summed E-state index contributed by atoms with van der Waals surface area (Å²) in [7, 11) is 1.85. The highest BCUT2D eigenvalue weighted by Crippen LogP contribution is 2.28. The number of fused-ring (bicyclic) bond motifs is 1. The molecule has 1 aromatic carbocycles. The lowest BCUT2D eigenvalue weighted by Crippen LogP contribution is -2.33. The molecule has 0 saturated carbocycles. The van der Waals surface area contributed by atoms with Gasteiger partial charge >= 0.3 is 6.03 Å². The van der Waals surface area contributed by atoms with E-state index in [1.807, 2.05) is 20.0 Å². The van der Waals surface area contributed by atoms with E-state index in [1.54, 1.807) is 28.9 Å². The summed E-state index contributed by atoms with van der Waals surface area (Å²) in [6.45, 7) is 1.89. The second-order valence-corrected chi connectivity index (χ2v) is 8.10. The van der Waals surface area contributed by atoms with Gasteiger partial charge in [0.25, 0.3) is 5.91 Å². The smallest absolute Gasteiger partial charge is 0.324 e. The second kappa shape index (κ2) is 8.19. The fourth-order valence-corrected chi connectivity index (χ4v) is 4.28. The SMILES string of the molecule is Cc1nn(C)c2sc(C(=O)Nc3ccc(NC(=O)CCN4C(=O)CNC4=O)cc3)cc12. The Morgan fingerprint density at radius 1 is 1.16 bits per heavy atom. The maximum Gasteiger partial charge on any atom is 0.324 e. The highest BCUT2D eigenvalue weighted by atomic mass is 32.1. The van der Waals surface area contributed by atoms with Gasteiger partial charge in [-0.05, 0) is 37.3 Å². The van der Waals surface area contributed by atoms with E-state index in [2.05, 4.69) is 21.0 Å². The molecule has 1 aliphatic heterocycles. The Labute approximate surface area is 181 Å². The molecule has 10 nitrogen and oxygen atoms in total. The first-order valence-corrected chi connectivity index (χ1v) is 10.4. The zero-order chi connectivity index (χ0) is 22.1. The van der Waals surface area contributed by atoms with E-state index >= 15 is 0 Å². The standard InChI is InChI=1S/C20H20N6O4S/c1-11-14-9-15(31-19(14)25(2)24-11)18(29)23-13-5-3-12(4-6-13)22-16(27)7-8-26-17(28)10-21-20(26)30/h3-6,9H,7-8,10H2,1-2H3,(H,21,30)(H,22,27)(H,23,29). The lowest BCUT2D eigenvalue weighted by atomic mass is 10.2. The quantitative estimate of drug-likeness (QED) is 0.506. The molecule has 0 atom stereocenters. The van der Waals surface area contributed by atoms with E-state index in [1.165, 1.54) is 11.3 Å². The van der Waals surface area contributed by atoms with Crippen LogP contribution in [0.3, 0.4) is 0 Å². The molecule has 0 radical (unpaired) electrons. The minimum absolute atomic E-state index is 0.00212. The summed E-state index contributed by atoms with van der Waals surface area (Å²) < 4.78 is 1.76. The number of thiophene rings is 1. The average molecular weight is 440 g/mol. The Hall–Kier alpha value is -3.73. The molecule has 1 fully saturated rings. The monoisotopic (exact) mass is 440 g/mol. The maximum absolute atomic E-state index is 12.6. The van der Waals surface area contributed by atoms with E-state index in [0.717, 1.165) is 20.8 Å². The summed E-state index contributed by atoms with van der Waals surface area (Å²) in [5, 5.41) is 13.2. The molecule has 0 aliphatic carbocycles. The van der Waals surface area contributed by atoms with Gasteiger partial charge in [-0.3, -0.25) is 24.0 Å². The van der Waals surface area contributed by atoms with Crippen LogP contribution in [0.5, 0.6) is 0 Å². The number of carbonyl (C=O) groups excluding carboxylic acids is 4. The number of carbonyl (C=O) groups is 4. The third kappa shape index (κ3) is 4.26. The number of nitrogens with one attached hydrogen (secondary N) is 3. The van der Waals surface area contributed by atoms with Gasteiger partial charge in [0.15, 0.2) is 0 Å². The van der Waals surface area contributed by atoms with E-state index in [9.17, 15) is 19.2 Å². The van der Waals surface area contributed by atoms with Gasteiger partial charge in [-0.25, -0.2) is 4.79 Å². The zero-order valence-electron chi connectivity index (χ0n) is 16.9. The lowest BCUT2D eigenvalue weighted by molar-refractivity contribution is -0.125. The number of hydrogen-bond acceptors (Lipinski definition) is 6. The third-order valence-corrected chi connectivity index (χ3v) is 6.05. The number of rotatable bonds is 6. The lowest BCUT2D eigenvalue weighted by Gasteiger charge is -2.12. The highest BCUT2D eigenvalue weighted by Gasteiger charge is 2.28. The van der Waals surface area contributed by atoms with Crippen molar-refractivity contribution in [1.29, 1.82) is 0 Å². The van der Waals surface area contributed by atoms with Crippen molar-refractivity contribution in [2.24, 2.45) is 7.05 Å². The number of aromatic nitrogens is 2. The number of anilines is 2. The first-order chi connectivity index (χ1) is 14.8. The second-order valence-electron chi connectivity index (χ2n) is 7.07. The van der Waals surface area contributed by atoms with Crippen LogP contribution in [0.4, 0.5) is 16.2 Å². The first kappa shape index (κ1) is 20.5. The van der Waals surface area contributed by atoms with Gasteiger partial charge in [-0.2, -0.15) is 5.10 Å². The maximum atomic E-state index is 12.6. The molecule has 2 aromatic heterocycles. The molecule has 3 N–H and O–H groups in total. The van der Waals surface area contributed by atoms with Crippen LogP contribution in [0.15, 0.2) is 30.3 Å². The van der Waals surface area contributed by atoms with Crippen LogP contribution in [-0.2, 0) is 16.6 Å². The predicted molar refractivity (Wildman–Crippen MR) is 116 cm³/mol. The topological polar surface area (TPSA) is 125 Å². The van der Waals surface area contributed by atoms with Crippen molar-refractivity contribution >= 4 is 56.7 Å². The molecule has 11 heteroatoms. The van der Waals surface area contributed by atoms with Crippen LogP contribution in [0.1, 0.15) is 21.8 Å². The van der Waals surface area contributed by atoms with Crippen LogP contribution >= 0.6 is 11.3 Å².